The summed E-state index contributed by atoms with van der Waals surface area (Å²) in [5.41, 5.74) is 0.0675. The van der Waals surface area contributed by atoms with E-state index >= 15 is 0 Å². The van der Waals surface area contributed by atoms with Gasteiger partial charge >= 0.3 is 11.7 Å². The molecule has 1 aromatic carbocycles. The number of aryl methyl sites for hydroxylation is 1. The summed E-state index contributed by atoms with van der Waals surface area (Å²) in [6.07, 6.45) is 1.86. The third-order valence-electron chi connectivity index (χ3n) is 6.31. The van der Waals surface area contributed by atoms with Crippen molar-refractivity contribution in [3.05, 3.63) is 44.9 Å². The van der Waals surface area contributed by atoms with Crippen LogP contribution in [0.4, 0.5) is 0 Å². The largest absolute Gasteiger partial charge is 0.493 e. The second-order valence-corrected chi connectivity index (χ2v) is 8.34. The fourth-order valence-corrected chi connectivity index (χ4v) is 4.15. The number of hydrogen-bond acceptors (Lipinski definition) is 9. The normalized spacial score (nSPS) is 11.2. The number of imidazole rings is 1. The fraction of sp³-hybridized carbons (Fsp3) is 0.520. The van der Waals surface area contributed by atoms with Crippen molar-refractivity contribution < 1.29 is 23.7 Å². The maximum Gasteiger partial charge on any atom is 0.338 e. The zero-order valence-corrected chi connectivity index (χ0v) is 22.3. The highest BCUT2D eigenvalue weighted by Crippen LogP contribution is 2.38. The highest BCUT2D eigenvalue weighted by molar-refractivity contribution is 5.91. The number of fused-ring (bicyclic) bond motifs is 1. The summed E-state index contributed by atoms with van der Waals surface area (Å²) < 4.78 is 25.5. The molecule has 0 amide bonds. The monoisotopic (exact) mass is 517 g/mol. The van der Waals surface area contributed by atoms with E-state index in [2.05, 4.69) is 23.7 Å². The Labute approximate surface area is 214 Å². The van der Waals surface area contributed by atoms with Crippen molar-refractivity contribution >= 4 is 17.1 Å². The zero-order valence-electron chi connectivity index (χ0n) is 22.3. The second-order valence-electron chi connectivity index (χ2n) is 8.34. The molecule has 2 heterocycles. The molecule has 3 rings (SSSR count). The minimum atomic E-state index is -0.593. The summed E-state index contributed by atoms with van der Waals surface area (Å²) in [5, 5.41) is 0. The summed E-state index contributed by atoms with van der Waals surface area (Å²) in [5.74, 6) is 0.428. The molecule has 202 valence electrons. The average molecular weight is 518 g/mol. The predicted octanol–water partition coefficient (Wildman–Crippen LogP) is 1.51. The Morgan fingerprint density at radius 1 is 1.00 bits per heavy atom. The Balaban J connectivity index is 1.74. The first-order valence-corrected chi connectivity index (χ1v) is 12.1. The van der Waals surface area contributed by atoms with E-state index in [1.807, 2.05) is 0 Å². The van der Waals surface area contributed by atoms with Crippen molar-refractivity contribution in [3.63, 3.8) is 0 Å². The lowest BCUT2D eigenvalue weighted by atomic mass is 10.2. The average Bonchev–Trinajstić information content (AvgIpc) is 3.35. The SMILES string of the molecule is CCN(CC)CCn1cnc2c1c(=O)n(CCCOC(=O)c1cc(OC)c(OC)c(OC)c1)c(=O)n2C. The molecule has 12 heteroatoms. The molecule has 0 spiro atoms. The van der Waals surface area contributed by atoms with Crippen LogP contribution in [0.3, 0.4) is 0 Å². The minimum absolute atomic E-state index is 0.00431. The Morgan fingerprint density at radius 3 is 2.22 bits per heavy atom. The molecule has 0 aliphatic heterocycles. The first-order valence-electron chi connectivity index (χ1n) is 12.1. The molecule has 0 saturated carbocycles. The van der Waals surface area contributed by atoms with E-state index in [0.29, 0.717) is 35.0 Å². The summed E-state index contributed by atoms with van der Waals surface area (Å²) in [6.45, 7) is 7.41. The van der Waals surface area contributed by atoms with E-state index in [1.54, 1.807) is 17.9 Å². The Kier molecular flexibility index (Phi) is 9.34. The van der Waals surface area contributed by atoms with Crippen LogP contribution in [0.2, 0.25) is 0 Å². The number of nitrogens with zero attached hydrogens (tertiary/aromatic N) is 5. The highest BCUT2D eigenvalue weighted by Gasteiger charge is 2.19. The molecule has 0 saturated heterocycles. The quantitative estimate of drug-likeness (QED) is 0.245. The number of aromatic nitrogens is 4. The Bertz CT molecular complexity index is 1330. The van der Waals surface area contributed by atoms with E-state index in [1.165, 1.54) is 38.0 Å². The topological polar surface area (TPSA) is 119 Å². The van der Waals surface area contributed by atoms with Crippen LogP contribution in [0.5, 0.6) is 17.2 Å². The number of carbonyl (C=O) groups excluding carboxylic acids is 1. The lowest BCUT2D eigenvalue weighted by molar-refractivity contribution is 0.0494. The first-order chi connectivity index (χ1) is 17.8. The lowest BCUT2D eigenvalue weighted by Crippen LogP contribution is -2.40. The molecule has 0 aliphatic rings. The fourth-order valence-electron chi connectivity index (χ4n) is 4.15. The highest BCUT2D eigenvalue weighted by atomic mass is 16.5. The molecule has 12 nitrogen and oxygen atoms in total. The number of likely N-dealkylation sites (N-methyl/N-ethyl adjacent to an activating group) is 1. The molecule has 2 aromatic heterocycles. The van der Waals surface area contributed by atoms with E-state index in [-0.39, 0.29) is 25.1 Å². The number of carbonyl (C=O) groups is 1. The smallest absolute Gasteiger partial charge is 0.338 e. The van der Waals surface area contributed by atoms with Gasteiger partial charge in [-0.1, -0.05) is 13.8 Å². The van der Waals surface area contributed by atoms with Crippen LogP contribution in [0.25, 0.3) is 11.2 Å². The van der Waals surface area contributed by atoms with Crippen molar-refractivity contribution in [1.29, 1.82) is 0 Å². The summed E-state index contributed by atoms with van der Waals surface area (Å²) in [6, 6.07) is 2.99. The molecule has 0 atom stereocenters. The maximum atomic E-state index is 13.2. The lowest BCUT2D eigenvalue weighted by Gasteiger charge is -2.18. The van der Waals surface area contributed by atoms with Crippen LogP contribution in [0.1, 0.15) is 30.6 Å². The molecule has 37 heavy (non-hydrogen) atoms. The molecule has 3 aromatic rings. The van der Waals surface area contributed by atoms with Gasteiger partial charge in [-0.15, -0.1) is 0 Å². The molecular weight excluding hydrogens is 482 g/mol. The number of hydrogen-bond donors (Lipinski definition) is 0. The molecular formula is C25H35N5O7. The van der Waals surface area contributed by atoms with Gasteiger partial charge in [0.15, 0.2) is 22.7 Å². The predicted molar refractivity (Wildman–Crippen MR) is 138 cm³/mol. The van der Waals surface area contributed by atoms with E-state index in [4.69, 9.17) is 18.9 Å². The molecule has 0 fully saturated rings. The van der Waals surface area contributed by atoms with Gasteiger partial charge in [0.05, 0.1) is 39.8 Å². The number of methoxy groups -OCH3 is 3. The summed E-state index contributed by atoms with van der Waals surface area (Å²) in [4.78, 5) is 45.3. The third kappa shape index (κ3) is 5.79. The van der Waals surface area contributed by atoms with Gasteiger partial charge in [-0.3, -0.25) is 13.9 Å². The number of benzene rings is 1. The van der Waals surface area contributed by atoms with Gasteiger partial charge in [0.25, 0.3) is 5.56 Å². The molecule has 0 bridgehead atoms. The standard InChI is InChI=1S/C25H35N5O7/c1-7-28(8-2)11-12-29-16-26-22-20(29)23(31)30(25(33)27(22)3)10-9-13-37-24(32)17-14-18(34-4)21(36-6)19(15-17)35-5/h14-16H,7-13H2,1-6H3. The first kappa shape index (κ1) is 27.8. The molecule has 0 N–H and O–H groups in total. The summed E-state index contributed by atoms with van der Waals surface area (Å²) in [7, 11) is 5.97. The van der Waals surface area contributed by atoms with Gasteiger partial charge in [0.2, 0.25) is 5.75 Å². The zero-order chi connectivity index (χ0) is 27.1. The van der Waals surface area contributed by atoms with Crippen molar-refractivity contribution in [1.82, 2.24) is 23.6 Å². The van der Waals surface area contributed by atoms with Crippen molar-refractivity contribution in [2.24, 2.45) is 7.05 Å². The maximum absolute atomic E-state index is 13.2. The van der Waals surface area contributed by atoms with Gasteiger partial charge in [0, 0.05) is 26.7 Å². The van der Waals surface area contributed by atoms with Crippen LogP contribution >= 0.6 is 0 Å². The number of rotatable bonds is 13. The van der Waals surface area contributed by atoms with E-state index in [9.17, 15) is 14.4 Å². The Morgan fingerprint density at radius 2 is 1.65 bits per heavy atom. The van der Waals surface area contributed by atoms with E-state index < -0.39 is 17.2 Å². The van der Waals surface area contributed by atoms with Gasteiger partial charge < -0.3 is 28.4 Å². The molecule has 0 unspecified atom stereocenters. The molecule has 0 radical (unpaired) electrons. The number of ether oxygens (including phenoxy) is 4. The van der Waals surface area contributed by atoms with Crippen molar-refractivity contribution in [3.8, 4) is 17.2 Å². The van der Waals surface area contributed by atoms with Gasteiger partial charge in [0.1, 0.15) is 0 Å². The van der Waals surface area contributed by atoms with Gasteiger partial charge in [-0.05, 0) is 31.6 Å². The van der Waals surface area contributed by atoms with Crippen LogP contribution in [0.15, 0.2) is 28.0 Å². The third-order valence-corrected chi connectivity index (χ3v) is 6.31. The number of esters is 1. The van der Waals surface area contributed by atoms with Crippen LogP contribution in [0, 0.1) is 0 Å². The van der Waals surface area contributed by atoms with Crippen LogP contribution in [-0.4, -0.2) is 77.1 Å². The van der Waals surface area contributed by atoms with Crippen LogP contribution in [-0.2, 0) is 24.9 Å². The van der Waals surface area contributed by atoms with E-state index in [0.717, 1.165) is 24.2 Å². The van der Waals surface area contributed by atoms with Gasteiger partial charge in [-0.2, -0.15) is 0 Å². The minimum Gasteiger partial charge on any atom is -0.493 e. The second kappa shape index (κ2) is 12.4. The molecule has 0 aliphatic carbocycles. The Hall–Kier alpha value is -3.80. The van der Waals surface area contributed by atoms with Crippen molar-refractivity contribution in [2.75, 3.05) is 47.6 Å². The van der Waals surface area contributed by atoms with Crippen molar-refractivity contribution in [2.45, 2.75) is 33.4 Å². The van der Waals surface area contributed by atoms with Gasteiger partial charge in [-0.25, -0.2) is 14.6 Å². The van der Waals surface area contributed by atoms with Crippen LogP contribution < -0.4 is 25.5 Å². The summed E-state index contributed by atoms with van der Waals surface area (Å²) >= 11 is 0.